The van der Waals surface area contributed by atoms with Gasteiger partial charge in [-0.3, -0.25) is 19.5 Å². The van der Waals surface area contributed by atoms with Crippen molar-refractivity contribution in [1.82, 2.24) is 15.0 Å². The molecule has 2 aliphatic heterocycles. The van der Waals surface area contributed by atoms with E-state index in [1.807, 2.05) is 36.4 Å². The van der Waals surface area contributed by atoms with E-state index in [9.17, 15) is 9.59 Å². The third-order valence-corrected chi connectivity index (χ3v) is 5.73. The molecule has 7 heteroatoms. The average Bonchev–Trinajstić information content (AvgIpc) is 3.36. The average molecular weight is 374 g/mol. The summed E-state index contributed by atoms with van der Waals surface area (Å²) in [4.78, 5) is 33.8. The molecule has 4 heterocycles. The first-order valence-corrected chi connectivity index (χ1v) is 9.25. The van der Waals surface area contributed by atoms with E-state index in [0.29, 0.717) is 25.9 Å². The van der Waals surface area contributed by atoms with Crippen LogP contribution in [0.1, 0.15) is 29.0 Å². The molecule has 0 aliphatic carbocycles. The molecule has 0 radical (unpaired) electrons. The van der Waals surface area contributed by atoms with Gasteiger partial charge in [0, 0.05) is 25.4 Å². The van der Waals surface area contributed by atoms with Gasteiger partial charge >= 0.3 is 0 Å². The monoisotopic (exact) mass is 374 g/mol. The number of aromatic nitrogens is 2. The van der Waals surface area contributed by atoms with Crippen molar-refractivity contribution in [2.45, 2.75) is 18.3 Å². The minimum absolute atomic E-state index is 0.0495. The molecule has 1 aromatic carbocycles. The summed E-state index contributed by atoms with van der Waals surface area (Å²) in [5.41, 5.74) is 2.06. The number of para-hydroxylation sites is 1. The minimum Gasteiger partial charge on any atom is -0.351 e. The Morgan fingerprint density at radius 1 is 1.04 bits per heavy atom. The zero-order valence-corrected chi connectivity index (χ0v) is 15.1. The molecule has 1 saturated heterocycles. The summed E-state index contributed by atoms with van der Waals surface area (Å²) in [7, 11) is 0. The van der Waals surface area contributed by atoms with Crippen LogP contribution < -0.4 is 4.90 Å². The van der Waals surface area contributed by atoms with Crippen LogP contribution in [0.15, 0.2) is 65.6 Å². The smallest absolute Gasteiger partial charge is 0.292 e. The predicted octanol–water partition coefficient (Wildman–Crippen LogP) is 2.92. The third kappa shape index (κ3) is 2.36. The van der Waals surface area contributed by atoms with Crippen molar-refractivity contribution in [3.05, 3.63) is 72.4 Å². The van der Waals surface area contributed by atoms with Crippen LogP contribution in [0, 0.1) is 0 Å². The Morgan fingerprint density at radius 2 is 1.86 bits per heavy atom. The molecule has 2 aromatic heterocycles. The lowest BCUT2D eigenvalue weighted by atomic mass is 9.73. The van der Waals surface area contributed by atoms with E-state index < -0.39 is 5.41 Å². The highest BCUT2D eigenvalue weighted by Gasteiger charge is 2.52. The molecule has 1 spiro atoms. The lowest BCUT2D eigenvalue weighted by molar-refractivity contribution is -0.124. The number of fused-ring (bicyclic) bond motifs is 2. The van der Waals surface area contributed by atoms with E-state index in [-0.39, 0.29) is 17.6 Å². The van der Waals surface area contributed by atoms with Crippen molar-refractivity contribution in [2.24, 2.45) is 0 Å². The summed E-state index contributed by atoms with van der Waals surface area (Å²) in [5, 5.41) is 3.61. The van der Waals surface area contributed by atoms with Gasteiger partial charge in [0.15, 0.2) is 0 Å². The quantitative estimate of drug-likeness (QED) is 0.689. The number of hydrogen-bond donors (Lipinski definition) is 0. The number of likely N-dealkylation sites (tertiary alicyclic amines) is 1. The van der Waals surface area contributed by atoms with Gasteiger partial charge in [0.05, 0.1) is 29.2 Å². The molecular weight excluding hydrogens is 356 g/mol. The molecule has 7 nitrogen and oxygen atoms in total. The molecule has 0 atom stereocenters. The Labute approximate surface area is 161 Å². The Balaban J connectivity index is 1.48. The number of nitrogens with zero attached hydrogens (tertiary/aromatic N) is 4. The zero-order chi connectivity index (χ0) is 19.1. The fourth-order valence-electron chi connectivity index (χ4n) is 4.31. The maximum absolute atomic E-state index is 13.6. The molecule has 0 unspecified atom stereocenters. The van der Waals surface area contributed by atoms with Crippen LogP contribution in [0.4, 0.5) is 11.4 Å². The van der Waals surface area contributed by atoms with Gasteiger partial charge in [-0.15, -0.1) is 0 Å². The van der Waals surface area contributed by atoms with E-state index in [4.69, 9.17) is 4.52 Å². The van der Waals surface area contributed by atoms with Gasteiger partial charge in [-0.25, -0.2) is 0 Å². The molecule has 3 aromatic rings. The first-order valence-electron chi connectivity index (χ1n) is 9.25. The van der Waals surface area contributed by atoms with Crippen molar-refractivity contribution >= 4 is 23.2 Å². The molecule has 0 bridgehead atoms. The first-order chi connectivity index (χ1) is 13.7. The summed E-state index contributed by atoms with van der Waals surface area (Å²) in [6, 6.07) is 13.2. The lowest BCUT2D eigenvalue weighted by Crippen LogP contribution is -2.49. The molecule has 0 saturated carbocycles. The number of benzene rings is 1. The molecule has 28 heavy (non-hydrogen) atoms. The Bertz CT molecular complexity index is 1020. The highest BCUT2D eigenvalue weighted by atomic mass is 16.5. The summed E-state index contributed by atoms with van der Waals surface area (Å²) in [5.74, 6) is 0.0924. The summed E-state index contributed by atoms with van der Waals surface area (Å²) < 4.78 is 4.99. The topological polar surface area (TPSA) is 79.5 Å². The number of piperidine rings is 1. The van der Waals surface area contributed by atoms with Crippen molar-refractivity contribution < 1.29 is 14.1 Å². The second kappa shape index (κ2) is 6.30. The van der Waals surface area contributed by atoms with Gasteiger partial charge in [-0.05, 0) is 36.6 Å². The number of carbonyl (C=O) groups is 2. The van der Waals surface area contributed by atoms with Crippen molar-refractivity contribution in [3.63, 3.8) is 0 Å². The van der Waals surface area contributed by atoms with Crippen LogP contribution in [0.2, 0.25) is 0 Å². The Morgan fingerprint density at radius 3 is 2.57 bits per heavy atom. The number of hydrogen-bond acceptors (Lipinski definition) is 5. The molecular formula is C21H18N4O3. The van der Waals surface area contributed by atoms with Gasteiger partial charge in [0.2, 0.25) is 11.7 Å². The second-order valence-electron chi connectivity index (χ2n) is 7.12. The van der Waals surface area contributed by atoms with Gasteiger partial charge in [-0.1, -0.05) is 23.4 Å². The largest absolute Gasteiger partial charge is 0.351 e. The van der Waals surface area contributed by atoms with E-state index in [1.165, 1.54) is 6.20 Å². The maximum atomic E-state index is 13.6. The van der Waals surface area contributed by atoms with E-state index in [0.717, 1.165) is 16.9 Å². The van der Waals surface area contributed by atoms with Gasteiger partial charge < -0.3 is 9.42 Å². The van der Waals surface area contributed by atoms with Gasteiger partial charge in [0.1, 0.15) is 0 Å². The second-order valence-corrected chi connectivity index (χ2v) is 7.12. The summed E-state index contributed by atoms with van der Waals surface area (Å²) >= 11 is 0. The Kier molecular flexibility index (Phi) is 3.75. The standard InChI is InChI=1S/C21H18N4O3/c26-19(18-7-11-23-28-18)24-12-8-21(9-13-24)16-5-1-2-6-17(16)25(20(21)27)15-4-3-10-22-14-15/h1-7,10-11,14H,8-9,12-13H2. The van der Waals surface area contributed by atoms with Gasteiger partial charge in [-0.2, -0.15) is 0 Å². The van der Waals surface area contributed by atoms with E-state index in [2.05, 4.69) is 10.1 Å². The van der Waals surface area contributed by atoms with Crippen LogP contribution in [-0.4, -0.2) is 39.9 Å². The van der Waals surface area contributed by atoms with Crippen LogP contribution in [-0.2, 0) is 10.2 Å². The molecule has 0 N–H and O–H groups in total. The predicted molar refractivity (Wildman–Crippen MR) is 101 cm³/mol. The van der Waals surface area contributed by atoms with E-state index >= 15 is 0 Å². The van der Waals surface area contributed by atoms with Crippen molar-refractivity contribution in [2.75, 3.05) is 18.0 Å². The fraction of sp³-hybridized carbons (Fsp3) is 0.238. The molecule has 2 amide bonds. The van der Waals surface area contributed by atoms with Crippen LogP contribution >= 0.6 is 0 Å². The third-order valence-electron chi connectivity index (χ3n) is 5.73. The normalized spacial score (nSPS) is 17.8. The number of amides is 2. The fourth-order valence-corrected chi connectivity index (χ4v) is 4.31. The molecule has 1 fully saturated rings. The van der Waals surface area contributed by atoms with E-state index in [1.54, 1.807) is 28.3 Å². The molecule has 5 rings (SSSR count). The van der Waals surface area contributed by atoms with Crippen molar-refractivity contribution in [1.29, 1.82) is 0 Å². The van der Waals surface area contributed by atoms with Crippen LogP contribution in [0.25, 0.3) is 0 Å². The zero-order valence-electron chi connectivity index (χ0n) is 15.1. The van der Waals surface area contributed by atoms with Crippen LogP contribution in [0.5, 0.6) is 0 Å². The highest BCUT2D eigenvalue weighted by molar-refractivity contribution is 6.13. The molecule has 140 valence electrons. The SMILES string of the molecule is O=C(c1ccno1)N1CCC2(CC1)C(=O)N(c1cccnc1)c1ccccc12. The first kappa shape index (κ1) is 16.7. The number of pyridine rings is 1. The van der Waals surface area contributed by atoms with Crippen molar-refractivity contribution in [3.8, 4) is 0 Å². The van der Waals surface area contributed by atoms with Gasteiger partial charge in [0.25, 0.3) is 5.91 Å². The lowest BCUT2D eigenvalue weighted by Gasteiger charge is -2.38. The number of anilines is 2. The Hall–Kier alpha value is -3.48. The summed E-state index contributed by atoms with van der Waals surface area (Å²) in [6.07, 6.45) is 6.00. The minimum atomic E-state index is -0.620. The molecule has 2 aliphatic rings. The maximum Gasteiger partial charge on any atom is 0.292 e. The number of rotatable bonds is 2. The van der Waals surface area contributed by atoms with Crippen LogP contribution in [0.3, 0.4) is 0 Å². The summed E-state index contributed by atoms with van der Waals surface area (Å²) in [6.45, 7) is 0.973. The number of carbonyl (C=O) groups excluding carboxylic acids is 2. The highest BCUT2D eigenvalue weighted by Crippen LogP contribution is 2.50.